The Morgan fingerprint density at radius 2 is 2.18 bits per heavy atom. The summed E-state index contributed by atoms with van der Waals surface area (Å²) < 4.78 is 13.2. The van der Waals surface area contributed by atoms with Gasteiger partial charge in [0.25, 0.3) is 0 Å². The first-order valence-corrected chi connectivity index (χ1v) is 6.43. The van der Waals surface area contributed by atoms with Gasteiger partial charge < -0.3 is 10.4 Å². The predicted octanol–water partition coefficient (Wildman–Crippen LogP) is 2.81. The Bertz CT molecular complexity index is 421. The monoisotopic (exact) mass is 235 g/mol. The fraction of sp³-hybridized carbons (Fsp3) is 0.571. The molecule has 3 unspecified atom stereocenters. The molecule has 0 saturated heterocycles. The van der Waals surface area contributed by atoms with Crippen LogP contribution in [0.1, 0.15) is 31.2 Å². The standard InChI is InChI=1S/C14H18FNO/c15-12-6-10(2-4-14(12)17)8-16-13-7-9-1-3-11(13)5-9/h2,4,6,9,11,13,16-17H,1,3,5,7-8H2. The van der Waals surface area contributed by atoms with Gasteiger partial charge in [-0.2, -0.15) is 0 Å². The maximum atomic E-state index is 13.2. The van der Waals surface area contributed by atoms with Gasteiger partial charge in [0.15, 0.2) is 11.6 Å². The number of aromatic hydroxyl groups is 1. The highest BCUT2D eigenvalue weighted by Gasteiger charge is 2.38. The van der Waals surface area contributed by atoms with E-state index in [0.717, 1.165) is 17.4 Å². The number of phenolic OH excluding ortho intramolecular Hbond substituents is 1. The highest BCUT2D eigenvalue weighted by molar-refractivity contribution is 5.27. The Kier molecular flexibility index (Phi) is 2.79. The summed E-state index contributed by atoms with van der Waals surface area (Å²) in [5, 5.41) is 12.6. The van der Waals surface area contributed by atoms with Crippen LogP contribution >= 0.6 is 0 Å². The lowest BCUT2D eigenvalue weighted by molar-refractivity contribution is 0.350. The minimum atomic E-state index is -0.530. The van der Waals surface area contributed by atoms with E-state index >= 15 is 0 Å². The Labute approximate surface area is 101 Å². The van der Waals surface area contributed by atoms with Crippen molar-refractivity contribution < 1.29 is 9.50 Å². The van der Waals surface area contributed by atoms with Gasteiger partial charge in [0.1, 0.15) is 0 Å². The Morgan fingerprint density at radius 1 is 1.29 bits per heavy atom. The topological polar surface area (TPSA) is 32.3 Å². The molecule has 0 spiro atoms. The summed E-state index contributed by atoms with van der Waals surface area (Å²) in [6.45, 7) is 0.699. The SMILES string of the molecule is Oc1ccc(CNC2CC3CCC2C3)cc1F. The molecule has 17 heavy (non-hydrogen) atoms. The fourth-order valence-corrected chi connectivity index (χ4v) is 3.40. The summed E-state index contributed by atoms with van der Waals surface area (Å²) in [6.07, 6.45) is 5.41. The first kappa shape index (κ1) is 11.0. The molecule has 2 N–H and O–H groups in total. The van der Waals surface area contributed by atoms with Crippen LogP contribution in [0.25, 0.3) is 0 Å². The van der Waals surface area contributed by atoms with Gasteiger partial charge in [0.05, 0.1) is 0 Å². The van der Waals surface area contributed by atoms with E-state index in [2.05, 4.69) is 5.32 Å². The van der Waals surface area contributed by atoms with Crippen molar-refractivity contribution in [2.45, 2.75) is 38.3 Å². The molecule has 2 fully saturated rings. The molecular weight excluding hydrogens is 217 g/mol. The lowest BCUT2D eigenvalue weighted by atomic mass is 9.95. The normalized spacial score (nSPS) is 31.0. The van der Waals surface area contributed by atoms with E-state index in [4.69, 9.17) is 5.11 Å². The summed E-state index contributed by atoms with van der Waals surface area (Å²) in [5.41, 5.74) is 0.906. The zero-order chi connectivity index (χ0) is 11.8. The minimum absolute atomic E-state index is 0.270. The third-order valence-electron chi connectivity index (χ3n) is 4.32. The molecule has 2 aliphatic carbocycles. The van der Waals surface area contributed by atoms with Gasteiger partial charge in [-0.15, -0.1) is 0 Å². The van der Waals surface area contributed by atoms with Crippen molar-refractivity contribution >= 4 is 0 Å². The predicted molar refractivity (Wildman–Crippen MR) is 64.1 cm³/mol. The van der Waals surface area contributed by atoms with Crippen molar-refractivity contribution in [3.05, 3.63) is 29.6 Å². The quantitative estimate of drug-likeness (QED) is 0.844. The second-order valence-corrected chi connectivity index (χ2v) is 5.45. The number of phenols is 1. The molecule has 1 aromatic rings. The fourth-order valence-electron chi connectivity index (χ4n) is 3.40. The van der Waals surface area contributed by atoms with Gasteiger partial charge in [-0.05, 0) is 48.8 Å². The molecule has 3 rings (SSSR count). The number of hydrogen-bond donors (Lipinski definition) is 2. The highest BCUT2D eigenvalue weighted by Crippen LogP contribution is 2.44. The van der Waals surface area contributed by atoms with Crippen LogP contribution in [-0.4, -0.2) is 11.1 Å². The maximum absolute atomic E-state index is 13.2. The van der Waals surface area contributed by atoms with E-state index in [9.17, 15) is 4.39 Å². The zero-order valence-electron chi connectivity index (χ0n) is 9.82. The number of benzene rings is 1. The number of nitrogens with one attached hydrogen (secondary N) is 1. The molecule has 2 bridgehead atoms. The third kappa shape index (κ3) is 2.16. The Morgan fingerprint density at radius 3 is 2.82 bits per heavy atom. The molecule has 3 atom stereocenters. The van der Waals surface area contributed by atoms with Crippen molar-refractivity contribution in [1.82, 2.24) is 5.32 Å². The lowest BCUT2D eigenvalue weighted by Crippen LogP contribution is -2.33. The first-order valence-electron chi connectivity index (χ1n) is 6.43. The van der Waals surface area contributed by atoms with Crippen LogP contribution < -0.4 is 5.32 Å². The van der Waals surface area contributed by atoms with Crippen molar-refractivity contribution in [3.63, 3.8) is 0 Å². The molecule has 1 aromatic carbocycles. The van der Waals surface area contributed by atoms with E-state index in [0.29, 0.717) is 12.6 Å². The highest BCUT2D eigenvalue weighted by atomic mass is 19.1. The van der Waals surface area contributed by atoms with E-state index in [1.165, 1.54) is 37.8 Å². The smallest absolute Gasteiger partial charge is 0.165 e. The van der Waals surface area contributed by atoms with Crippen LogP contribution in [-0.2, 0) is 6.54 Å². The molecule has 0 heterocycles. The van der Waals surface area contributed by atoms with Crippen LogP contribution in [0.15, 0.2) is 18.2 Å². The van der Waals surface area contributed by atoms with Crippen LogP contribution in [0.2, 0.25) is 0 Å². The molecule has 2 nitrogen and oxygen atoms in total. The molecule has 2 saturated carbocycles. The summed E-state index contributed by atoms with van der Waals surface area (Å²) >= 11 is 0. The molecule has 3 heteroatoms. The largest absolute Gasteiger partial charge is 0.505 e. The van der Waals surface area contributed by atoms with E-state index in [1.807, 2.05) is 0 Å². The molecule has 0 aliphatic heterocycles. The summed E-state index contributed by atoms with van der Waals surface area (Å²) in [4.78, 5) is 0. The maximum Gasteiger partial charge on any atom is 0.165 e. The van der Waals surface area contributed by atoms with E-state index < -0.39 is 5.82 Å². The summed E-state index contributed by atoms with van der Waals surface area (Å²) in [6, 6.07) is 5.23. The Hall–Kier alpha value is -1.09. The second-order valence-electron chi connectivity index (χ2n) is 5.45. The number of hydrogen-bond acceptors (Lipinski definition) is 2. The number of halogens is 1. The van der Waals surface area contributed by atoms with Crippen molar-refractivity contribution in [3.8, 4) is 5.75 Å². The van der Waals surface area contributed by atoms with Gasteiger partial charge in [0.2, 0.25) is 0 Å². The van der Waals surface area contributed by atoms with Crippen molar-refractivity contribution in [1.29, 1.82) is 0 Å². The van der Waals surface area contributed by atoms with Gasteiger partial charge in [-0.25, -0.2) is 4.39 Å². The molecule has 0 amide bonds. The van der Waals surface area contributed by atoms with Crippen LogP contribution in [0, 0.1) is 17.7 Å². The first-order chi connectivity index (χ1) is 8.22. The minimum Gasteiger partial charge on any atom is -0.505 e. The average molecular weight is 235 g/mol. The summed E-state index contributed by atoms with van der Waals surface area (Å²) in [5.74, 6) is 0.960. The van der Waals surface area contributed by atoms with Crippen LogP contribution in [0.3, 0.4) is 0 Å². The molecular formula is C14H18FNO. The van der Waals surface area contributed by atoms with Crippen LogP contribution in [0.4, 0.5) is 4.39 Å². The summed E-state index contributed by atoms with van der Waals surface area (Å²) in [7, 11) is 0. The van der Waals surface area contributed by atoms with Gasteiger partial charge >= 0.3 is 0 Å². The lowest BCUT2D eigenvalue weighted by Gasteiger charge is -2.23. The number of rotatable bonds is 3. The van der Waals surface area contributed by atoms with Gasteiger partial charge in [-0.1, -0.05) is 12.5 Å². The second kappa shape index (κ2) is 4.30. The van der Waals surface area contributed by atoms with Crippen molar-refractivity contribution in [2.75, 3.05) is 0 Å². The Balaban J connectivity index is 1.59. The molecule has 2 aliphatic rings. The van der Waals surface area contributed by atoms with Crippen LogP contribution in [0.5, 0.6) is 5.75 Å². The van der Waals surface area contributed by atoms with E-state index in [1.54, 1.807) is 6.07 Å². The number of fused-ring (bicyclic) bond motifs is 2. The molecule has 92 valence electrons. The average Bonchev–Trinajstić information content (AvgIpc) is 2.92. The van der Waals surface area contributed by atoms with Crippen molar-refractivity contribution in [2.24, 2.45) is 11.8 Å². The molecule has 0 aromatic heterocycles. The molecule has 0 radical (unpaired) electrons. The van der Waals surface area contributed by atoms with Gasteiger partial charge in [0, 0.05) is 12.6 Å². The zero-order valence-corrected chi connectivity index (χ0v) is 9.82. The third-order valence-corrected chi connectivity index (χ3v) is 4.32. The van der Waals surface area contributed by atoms with E-state index in [-0.39, 0.29) is 5.75 Å². The van der Waals surface area contributed by atoms with Gasteiger partial charge in [-0.3, -0.25) is 0 Å².